The molecule has 3 rings (SSSR count). The molecule has 3 aromatic rings. The molecule has 1 heterocycles. The maximum atomic E-state index is 12.9. The van der Waals surface area contributed by atoms with Gasteiger partial charge in [0.2, 0.25) is 0 Å². The van der Waals surface area contributed by atoms with E-state index < -0.39 is 11.7 Å². The number of aryl methyl sites for hydroxylation is 2. The summed E-state index contributed by atoms with van der Waals surface area (Å²) in [5.74, 6) is -1.76. The fraction of sp³-hybridized carbons (Fsp3) is 0.238. The Hall–Kier alpha value is -2.78. The van der Waals surface area contributed by atoms with Gasteiger partial charge in [-0.25, -0.2) is 0 Å². The van der Waals surface area contributed by atoms with Crippen LogP contribution in [0.3, 0.4) is 0 Å². The molecule has 1 aromatic heterocycles. The van der Waals surface area contributed by atoms with Crippen LogP contribution in [-0.2, 0) is 6.61 Å². The second-order valence-corrected chi connectivity index (χ2v) is 7.81. The van der Waals surface area contributed by atoms with Gasteiger partial charge >= 0.3 is 0 Å². The van der Waals surface area contributed by atoms with Gasteiger partial charge in [-0.1, -0.05) is 34.6 Å². The summed E-state index contributed by atoms with van der Waals surface area (Å²) in [6.07, 6.45) is 0. The van der Waals surface area contributed by atoms with Gasteiger partial charge in [-0.2, -0.15) is 8.78 Å². The number of amides is 1. The van der Waals surface area contributed by atoms with E-state index in [9.17, 15) is 13.6 Å². The first-order valence-electron chi connectivity index (χ1n) is 9.07. The first-order chi connectivity index (χ1) is 14.8. The van der Waals surface area contributed by atoms with Gasteiger partial charge in [0.05, 0.1) is 34.0 Å². The number of alkyl halides is 2. The number of halogens is 3. The number of nitrogens with one attached hydrogen (secondary N) is 1. The Balaban J connectivity index is 1.78. The number of carbonyl (C=O) groups excluding carboxylic acids is 1. The van der Waals surface area contributed by atoms with Crippen molar-refractivity contribution >= 4 is 35.0 Å². The molecule has 0 aliphatic rings. The lowest BCUT2D eigenvalue weighted by molar-refractivity contribution is 0.102. The Labute approximate surface area is 186 Å². The van der Waals surface area contributed by atoms with Crippen LogP contribution in [-0.4, -0.2) is 23.9 Å². The van der Waals surface area contributed by atoms with E-state index in [1.807, 2.05) is 6.92 Å². The summed E-state index contributed by atoms with van der Waals surface area (Å²) in [5, 5.41) is 6.63. The van der Waals surface area contributed by atoms with Gasteiger partial charge in [0.1, 0.15) is 12.4 Å². The van der Waals surface area contributed by atoms with Gasteiger partial charge in [0, 0.05) is 5.56 Å². The van der Waals surface area contributed by atoms with E-state index in [-0.39, 0.29) is 39.5 Å². The van der Waals surface area contributed by atoms with Crippen LogP contribution in [0.2, 0.25) is 5.02 Å². The van der Waals surface area contributed by atoms with E-state index in [0.717, 1.165) is 11.3 Å². The second kappa shape index (κ2) is 10.0. The third kappa shape index (κ3) is 5.48. The van der Waals surface area contributed by atoms with Gasteiger partial charge < -0.3 is 19.3 Å². The maximum Gasteiger partial charge on any atom is 0.289 e. The summed E-state index contributed by atoms with van der Waals surface area (Å²) in [4.78, 5) is 12.8. The minimum atomic E-state index is -2.68. The minimum absolute atomic E-state index is 0.0962. The number of ether oxygens (including phenoxy) is 2. The van der Waals surface area contributed by atoms with Crippen LogP contribution >= 0.6 is 23.4 Å². The molecule has 0 unspecified atom stereocenters. The number of rotatable bonds is 8. The summed E-state index contributed by atoms with van der Waals surface area (Å²) in [5.41, 5.74) is 2.01. The largest absolute Gasteiger partial charge is 0.493 e. The number of nitrogens with zero attached hydrogens (tertiary/aromatic N) is 1. The Morgan fingerprint density at radius 2 is 2.03 bits per heavy atom. The van der Waals surface area contributed by atoms with Crippen LogP contribution < -0.4 is 14.8 Å². The Kier molecular flexibility index (Phi) is 7.40. The molecule has 0 saturated heterocycles. The fourth-order valence-electron chi connectivity index (χ4n) is 2.80. The third-order valence-electron chi connectivity index (χ3n) is 4.40. The van der Waals surface area contributed by atoms with Crippen molar-refractivity contribution in [2.24, 2.45) is 0 Å². The van der Waals surface area contributed by atoms with Gasteiger partial charge in [-0.3, -0.25) is 4.79 Å². The highest BCUT2D eigenvalue weighted by atomic mass is 35.5. The Morgan fingerprint density at radius 3 is 2.68 bits per heavy atom. The third-order valence-corrected chi connectivity index (χ3v) is 5.68. The van der Waals surface area contributed by atoms with Crippen LogP contribution in [0, 0.1) is 13.8 Å². The van der Waals surface area contributed by atoms with Crippen molar-refractivity contribution in [1.29, 1.82) is 0 Å². The molecule has 0 spiro atoms. The number of benzene rings is 2. The molecule has 0 saturated carbocycles. The molecule has 31 heavy (non-hydrogen) atoms. The SMILES string of the molecule is COc1cc(C(=O)Nc2cccc(Cl)c2SC(F)F)ccc1OCc1c(C)noc1C. The molecule has 0 aliphatic carbocycles. The van der Waals surface area contributed by atoms with Gasteiger partial charge in [-0.15, -0.1) is 0 Å². The van der Waals surface area contributed by atoms with Crippen molar-refractivity contribution in [3.63, 3.8) is 0 Å². The van der Waals surface area contributed by atoms with Crippen LogP contribution in [0.15, 0.2) is 45.8 Å². The molecule has 1 N–H and O–H groups in total. The number of methoxy groups -OCH3 is 1. The predicted octanol–water partition coefficient (Wildman–Crippen LogP) is 6.10. The van der Waals surface area contributed by atoms with Crippen molar-refractivity contribution in [1.82, 2.24) is 5.16 Å². The summed E-state index contributed by atoms with van der Waals surface area (Å²) in [6.45, 7) is 3.83. The van der Waals surface area contributed by atoms with E-state index in [1.54, 1.807) is 25.1 Å². The van der Waals surface area contributed by atoms with Crippen LogP contribution in [0.4, 0.5) is 14.5 Å². The molecule has 10 heteroatoms. The van der Waals surface area contributed by atoms with E-state index in [1.165, 1.54) is 25.3 Å². The molecule has 6 nitrogen and oxygen atoms in total. The summed E-state index contributed by atoms with van der Waals surface area (Å²) >= 11 is 6.29. The summed E-state index contributed by atoms with van der Waals surface area (Å²) in [6, 6.07) is 9.20. The summed E-state index contributed by atoms with van der Waals surface area (Å²) in [7, 11) is 1.45. The Morgan fingerprint density at radius 1 is 1.26 bits per heavy atom. The second-order valence-electron chi connectivity index (χ2n) is 6.41. The fourth-order valence-corrected chi connectivity index (χ4v) is 3.71. The van der Waals surface area contributed by atoms with Gasteiger partial charge in [0.25, 0.3) is 11.7 Å². The number of thioether (sulfide) groups is 1. The molecule has 0 fully saturated rings. The van der Waals surface area contributed by atoms with Gasteiger partial charge in [-0.05, 0) is 44.2 Å². The lowest BCUT2D eigenvalue weighted by atomic mass is 10.1. The normalized spacial score (nSPS) is 10.9. The molecule has 164 valence electrons. The van der Waals surface area contributed by atoms with Crippen molar-refractivity contribution in [3.05, 3.63) is 64.0 Å². The van der Waals surface area contributed by atoms with Crippen molar-refractivity contribution in [2.75, 3.05) is 12.4 Å². The first kappa shape index (κ1) is 22.9. The predicted molar refractivity (Wildman–Crippen MR) is 115 cm³/mol. The highest BCUT2D eigenvalue weighted by Crippen LogP contribution is 2.38. The topological polar surface area (TPSA) is 73.6 Å². The molecule has 0 bridgehead atoms. The standard InChI is InChI=1S/C21H19ClF2N2O4S/c1-11-14(12(2)30-26-11)10-29-17-8-7-13(9-18(17)28-3)20(27)25-16-6-4-5-15(22)19(16)31-21(23)24/h4-9,21H,10H2,1-3H3,(H,25,27). The van der Waals surface area contributed by atoms with Crippen LogP contribution in [0.1, 0.15) is 27.4 Å². The highest BCUT2D eigenvalue weighted by Gasteiger charge is 2.18. The molecule has 0 atom stereocenters. The van der Waals surface area contributed by atoms with E-state index in [4.69, 9.17) is 25.6 Å². The van der Waals surface area contributed by atoms with E-state index in [0.29, 0.717) is 17.3 Å². The lowest BCUT2D eigenvalue weighted by Gasteiger charge is -2.14. The smallest absolute Gasteiger partial charge is 0.289 e. The Bertz CT molecular complexity index is 1070. The van der Waals surface area contributed by atoms with Crippen molar-refractivity contribution < 1.29 is 27.6 Å². The van der Waals surface area contributed by atoms with Gasteiger partial charge in [0.15, 0.2) is 11.5 Å². The van der Waals surface area contributed by atoms with Crippen LogP contribution in [0.25, 0.3) is 0 Å². The average molecular weight is 469 g/mol. The average Bonchev–Trinajstić information content (AvgIpc) is 3.06. The molecular formula is C21H19ClF2N2O4S. The lowest BCUT2D eigenvalue weighted by Crippen LogP contribution is -2.13. The zero-order chi connectivity index (χ0) is 22.5. The number of aromatic nitrogens is 1. The van der Waals surface area contributed by atoms with Crippen molar-refractivity contribution in [3.8, 4) is 11.5 Å². The van der Waals surface area contributed by atoms with Crippen molar-refractivity contribution in [2.45, 2.75) is 31.1 Å². The maximum absolute atomic E-state index is 12.9. The molecule has 1 amide bonds. The number of anilines is 1. The molecule has 0 radical (unpaired) electrons. The zero-order valence-electron chi connectivity index (χ0n) is 16.9. The van der Waals surface area contributed by atoms with Crippen LogP contribution in [0.5, 0.6) is 11.5 Å². The van der Waals surface area contributed by atoms with E-state index in [2.05, 4.69) is 10.5 Å². The molecule has 0 aliphatic heterocycles. The number of hydrogen-bond donors (Lipinski definition) is 1. The molecule has 2 aromatic carbocycles. The number of carbonyl (C=O) groups is 1. The monoisotopic (exact) mass is 468 g/mol. The minimum Gasteiger partial charge on any atom is -0.493 e. The zero-order valence-corrected chi connectivity index (χ0v) is 18.4. The number of hydrogen-bond acceptors (Lipinski definition) is 6. The van der Waals surface area contributed by atoms with E-state index >= 15 is 0 Å². The quantitative estimate of drug-likeness (QED) is 0.403. The highest BCUT2D eigenvalue weighted by molar-refractivity contribution is 7.99. The molecular weight excluding hydrogens is 450 g/mol. The summed E-state index contributed by atoms with van der Waals surface area (Å²) < 4.78 is 42.0. The first-order valence-corrected chi connectivity index (χ1v) is 10.3.